The highest BCUT2D eigenvalue weighted by Crippen LogP contribution is 2.17. The molecular formula is C12H18N4O2. The van der Waals surface area contributed by atoms with Gasteiger partial charge >= 0.3 is 5.97 Å². The standard InChI is InChI=1S/C12H18N4O2/c1-2-16-7-3-4-9(8-16)14-11-10(12(17)18)5-6-13-15-11/h5-6,9H,2-4,7-8H2,1H3,(H,14,15)(H,17,18). The topological polar surface area (TPSA) is 78.3 Å². The Labute approximate surface area is 106 Å². The first-order valence-corrected chi connectivity index (χ1v) is 6.24. The van der Waals surface area contributed by atoms with Crippen LogP contribution >= 0.6 is 0 Å². The summed E-state index contributed by atoms with van der Waals surface area (Å²) < 4.78 is 0. The maximum atomic E-state index is 11.1. The molecule has 0 aromatic carbocycles. The Hall–Kier alpha value is -1.69. The first-order chi connectivity index (χ1) is 8.70. The van der Waals surface area contributed by atoms with Crippen molar-refractivity contribution in [2.75, 3.05) is 25.0 Å². The first kappa shape index (κ1) is 12.8. The molecule has 1 saturated heterocycles. The summed E-state index contributed by atoms with van der Waals surface area (Å²) in [6.07, 6.45) is 3.55. The van der Waals surface area contributed by atoms with Gasteiger partial charge < -0.3 is 15.3 Å². The fraction of sp³-hybridized carbons (Fsp3) is 0.583. The number of hydrogen-bond donors (Lipinski definition) is 2. The quantitative estimate of drug-likeness (QED) is 0.832. The number of aromatic nitrogens is 2. The van der Waals surface area contributed by atoms with E-state index in [1.807, 2.05) is 0 Å². The molecule has 0 aliphatic carbocycles. The predicted octanol–water partition coefficient (Wildman–Crippen LogP) is 1.07. The average molecular weight is 250 g/mol. The third kappa shape index (κ3) is 2.95. The van der Waals surface area contributed by atoms with Crippen molar-refractivity contribution in [3.05, 3.63) is 17.8 Å². The minimum atomic E-state index is -0.976. The molecule has 1 aromatic heterocycles. The molecule has 2 rings (SSSR count). The number of carbonyl (C=O) groups is 1. The van der Waals surface area contributed by atoms with E-state index in [0.717, 1.165) is 32.5 Å². The summed E-state index contributed by atoms with van der Waals surface area (Å²) >= 11 is 0. The van der Waals surface area contributed by atoms with E-state index in [4.69, 9.17) is 5.11 Å². The lowest BCUT2D eigenvalue weighted by molar-refractivity contribution is 0.0697. The van der Waals surface area contributed by atoms with E-state index >= 15 is 0 Å². The van der Waals surface area contributed by atoms with Gasteiger partial charge in [0.2, 0.25) is 0 Å². The van der Waals surface area contributed by atoms with Crippen LogP contribution in [0.25, 0.3) is 0 Å². The molecule has 0 bridgehead atoms. The van der Waals surface area contributed by atoms with Gasteiger partial charge in [-0.2, -0.15) is 5.10 Å². The molecule has 0 spiro atoms. The summed E-state index contributed by atoms with van der Waals surface area (Å²) in [5, 5.41) is 19.9. The summed E-state index contributed by atoms with van der Waals surface area (Å²) in [5.41, 5.74) is 0.179. The monoisotopic (exact) mass is 250 g/mol. The van der Waals surface area contributed by atoms with Crippen LogP contribution in [0.4, 0.5) is 5.82 Å². The zero-order valence-electron chi connectivity index (χ0n) is 10.5. The minimum Gasteiger partial charge on any atom is -0.478 e. The molecule has 1 aliphatic rings. The summed E-state index contributed by atoms with van der Waals surface area (Å²) in [4.78, 5) is 13.4. The zero-order valence-corrected chi connectivity index (χ0v) is 10.5. The number of nitrogens with one attached hydrogen (secondary N) is 1. The van der Waals surface area contributed by atoms with Crippen LogP contribution in [0.1, 0.15) is 30.1 Å². The van der Waals surface area contributed by atoms with Crippen molar-refractivity contribution in [1.82, 2.24) is 15.1 Å². The molecule has 1 aliphatic heterocycles. The summed E-state index contributed by atoms with van der Waals surface area (Å²) in [7, 11) is 0. The van der Waals surface area contributed by atoms with Gasteiger partial charge in [0, 0.05) is 12.6 Å². The Bertz CT molecular complexity index is 424. The minimum absolute atomic E-state index is 0.179. The maximum Gasteiger partial charge on any atom is 0.339 e. The second-order valence-corrected chi connectivity index (χ2v) is 4.48. The van der Waals surface area contributed by atoms with Crippen LogP contribution in [0.2, 0.25) is 0 Å². The van der Waals surface area contributed by atoms with E-state index < -0.39 is 5.97 Å². The van der Waals surface area contributed by atoms with Crippen LogP contribution in [-0.2, 0) is 0 Å². The molecule has 18 heavy (non-hydrogen) atoms. The van der Waals surface area contributed by atoms with Crippen molar-refractivity contribution >= 4 is 11.8 Å². The molecule has 1 fully saturated rings. The number of nitrogens with zero attached hydrogens (tertiary/aromatic N) is 3. The summed E-state index contributed by atoms with van der Waals surface area (Å²) in [6, 6.07) is 1.71. The molecule has 1 atom stereocenters. The van der Waals surface area contributed by atoms with Crippen LogP contribution in [0.15, 0.2) is 12.3 Å². The Kier molecular flexibility index (Phi) is 4.09. The number of piperidine rings is 1. The zero-order chi connectivity index (χ0) is 13.0. The molecule has 0 saturated carbocycles. The van der Waals surface area contributed by atoms with Crippen LogP contribution in [0.5, 0.6) is 0 Å². The summed E-state index contributed by atoms with van der Waals surface area (Å²) in [6.45, 7) is 5.19. The lowest BCUT2D eigenvalue weighted by Crippen LogP contribution is -2.42. The van der Waals surface area contributed by atoms with Crippen molar-refractivity contribution in [3.8, 4) is 0 Å². The number of hydrogen-bond acceptors (Lipinski definition) is 5. The lowest BCUT2D eigenvalue weighted by atomic mass is 10.1. The predicted molar refractivity (Wildman–Crippen MR) is 67.8 cm³/mol. The van der Waals surface area contributed by atoms with Gasteiger partial charge in [0.15, 0.2) is 5.82 Å². The molecule has 0 radical (unpaired) electrons. The molecule has 0 amide bonds. The number of anilines is 1. The van der Waals surface area contributed by atoms with Gasteiger partial charge in [0.25, 0.3) is 0 Å². The van der Waals surface area contributed by atoms with Crippen LogP contribution in [0.3, 0.4) is 0 Å². The number of carboxylic acids is 1. The van der Waals surface area contributed by atoms with Crippen LogP contribution in [-0.4, -0.2) is 51.8 Å². The van der Waals surface area contributed by atoms with E-state index in [1.54, 1.807) is 0 Å². The average Bonchev–Trinajstić information content (AvgIpc) is 2.39. The molecule has 2 heterocycles. The van der Waals surface area contributed by atoms with Crippen LogP contribution < -0.4 is 5.32 Å². The van der Waals surface area contributed by atoms with E-state index in [9.17, 15) is 4.79 Å². The van der Waals surface area contributed by atoms with Gasteiger partial charge in [-0.05, 0) is 32.0 Å². The van der Waals surface area contributed by atoms with E-state index in [2.05, 4.69) is 27.3 Å². The number of aromatic carboxylic acids is 1. The Morgan fingerprint density at radius 3 is 3.22 bits per heavy atom. The van der Waals surface area contributed by atoms with E-state index in [0.29, 0.717) is 5.82 Å². The van der Waals surface area contributed by atoms with Crippen molar-refractivity contribution < 1.29 is 9.90 Å². The van der Waals surface area contributed by atoms with E-state index in [1.165, 1.54) is 12.3 Å². The second kappa shape index (κ2) is 5.77. The number of rotatable bonds is 4. The van der Waals surface area contributed by atoms with Gasteiger partial charge in [-0.3, -0.25) is 0 Å². The number of likely N-dealkylation sites (N-methyl/N-ethyl adjacent to an activating group) is 1. The largest absolute Gasteiger partial charge is 0.478 e. The van der Waals surface area contributed by atoms with Gasteiger partial charge in [-0.25, -0.2) is 4.79 Å². The Morgan fingerprint density at radius 1 is 1.67 bits per heavy atom. The highest BCUT2D eigenvalue weighted by molar-refractivity contribution is 5.92. The van der Waals surface area contributed by atoms with Crippen molar-refractivity contribution in [1.29, 1.82) is 0 Å². The third-order valence-corrected chi connectivity index (χ3v) is 3.24. The molecule has 6 nitrogen and oxygen atoms in total. The van der Waals surface area contributed by atoms with Crippen molar-refractivity contribution in [2.45, 2.75) is 25.8 Å². The normalized spacial score (nSPS) is 20.6. The van der Waals surface area contributed by atoms with Gasteiger partial charge in [-0.1, -0.05) is 6.92 Å². The van der Waals surface area contributed by atoms with Gasteiger partial charge in [0.1, 0.15) is 5.56 Å². The van der Waals surface area contributed by atoms with Crippen molar-refractivity contribution in [3.63, 3.8) is 0 Å². The smallest absolute Gasteiger partial charge is 0.339 e. The molecule has 1 unspecified atom stereocenters. The maximum absolute atomic E-state index is 11.1. The second-order valence-electron chi connectivity index (χ2n) is 4.48. The highest BCUT2D eigenvalue weighted by atomic mass is 16.4. The molecule has 2 N–H and O–H groups in total. The van der Waals surface area contributed by atoms with Gasteiger partial charge in [0.05, 0.1) is 6.20 Å². The summed E-state index contributed by atoms with van der Waals surface area (Å²) in [5.74, 6) is -0.608. The number of carboxylic acid groups (broad SMARTS) is 1. The fourth-order valence-corrected chi connectivity index (χ4v) is 2.26. The Balaban J connectivity index is 2.07. The van der Waals surface area contributed by atoms with Gasteiger partial charge in [-0.15, -0.1) is 5.10 Å². The Morgan fingerprint density at radius 2 is 2.50 bits per heavy atom. The molecular weight excluding hydrogens is 232 g/mol. The van der Waals surface area contributed by atoms with Crippen LogP contribution in [0, 0.1) is 0 Å². The number of likely N-dealkylation sites (tertiary alicyclic amines) is 1. The highest BCUT2D eigenvalue weighted by Gasteiger charge is 2.21. The first-order valence-electron chi connectivity index (χ1n) is 6.24. The SMILES string of the molecule is CCN1CCCC(Nc2nnccc2C(=O)O)C1. The lowest BCUT2D eigenvalue weighted by Gasteiger charge is -2.32. The van der Waals surface area contributed by atoms with Crippen molar-refractivity contribution in [2.24, 2.45) is 0 Å². The third-order valence-electron chi connectivity index (χ3n) is 3.24. The molecule has 98 valence electrons. The van der Waals surface area contributed by atoms with E-state index in [-0.39, 0.29) is 11.6 Å². The fourth-order valence-electron chi connectivity index (χ4n) is 2.26. The molecule has 1 aromatic rings. The molecule has 6 heteroatoms.